The summed E-state index contributed by atoms with van der Waals surface area (Å²) in [6, 6.07) is 0.509. The molecule has 25 heavy (non-hydrogen) atoms. The topological polar surface area (TPSA) is 47.1 Å². The van der Waals surface area contributed by atoms with Gasteiger partial charge in [-0.1, -0.05) is 6.42 Å². The summed E-state index contributed by atoms with van der Waals surface area (Å²) in [7, 11) is -3.46. The molecule has 0 saturated carbocycles. The van der Waals surface area contributed by atoms with Crippen molar-refractivity contribution < 1.29 is 17.2 Å². The maximum Gasteiger partial charge on any atom is 0.282 e. The second kappa shape index (κ2) is 8.56. The molecule has 0 N–H and O–H groups in total. The van der Waals surface area contributed by atoms with E-state index in [1.54, 1.807) is 9.21 Å². The fraction of sp³-hybridized carbons (Fsp3) is 1.00. The van der Waals surface area contributed by atoms with Crippen molar-refractivity contribution in [3.63, 3.8) is 0 Å². The Morgan fingerprint density at radius 2 is 1.36 bits per heavy atom. The minimum Gasteiger partial charge on any atom is -0.300 e. The van der Waals surface area contributed by atoms with E-state index in [0.717, 1.165) is 25.9 Å². The molecule has 0 amide bonds. The Morgan fingerprint density at radius 1 is 0.800 bits per heavy atom. The highest BCUT2D eigenvalue weighted by Gasteiger charge is 2.36. The molecule has 6 nitrogen and oxygen atoms in total. The van der Waals surface area contributed by atoms with Gasteiger partial charge in [-0.05, 0) is 38.8 Å². The van der Waals surface area contributed by atoms with E-state index in [1.807, 2.05) is 0 Å². The van der Waals surface area contributed by atoms with E-state index in [1.165, 1.54) is 23.6 Å². The predicted molar refractivity (Wildman–Crippen MR) is 93.0 cm³/mol. The zero-order valence-corrected chi connectivity index (χ0v) is 15.6. The largest absolute Gasteiger partial charge is 0.300 e. The summed E-state index contributed by atoms with van der Waals surface area (Å²) in [5, 5.41) is 0. The maximum absolute atomic E-state index is 12.8. The zero-order valence-electron chi connectivity index (χ0n) is 14.8. The van der Waals surface area contributed by atoms with Crippen LogP contribution in [0.2, 0.25) is 0 Å². The van der Waals surface area contributed by atoms with Gasteiger partial charge in [0.25, 0.3) is 16.6 Å². The number of hydrogen-bond donors (Lipinski definition) is 0. The van der Waals surface area contributed by atoms with Crippen molar-refractivity contribution in [1.29, 1.82) is 0 Å². The van der Waals surface area contributed by atoms with Crippen LogP contribution in [-0.4, -0.2) is 98.2 Å². The standard InChI is InChI=1S/C16H30F2N4O2S/c17-16(18)14-19-10-12-22(13-11-19)25(23,24)21-8-4-15(5-9-21)20-6-2-1-3-7-20/h15-16H,1-14H2. The molecule has 3 aliphatic heterocycles. The van der Waals surface area contributed by atoms with Gasteiger partial charge >= 0.3 is 0 Å². The summed E-state index contributed by atoms with van der Waals surface area (Å²) >= 11 is 0. The van der Waals surface area contributed by atoms with E-state index >= 15 is 0 Å². The van der Waals surface area contributed by atoms with Gasteiger partial charge in [0.15, 0.2) is 0 Å². The second-order valence-corrected chi connectivity index (χ2v) is 9.25. The molecule has 0 spiro atoms. The molecule has 0 radical (unpaired) electrons. The Hall–Kier alpha value is -0.350. The summed E-state index contributed by atoms with van der Waals surface area (Å²) in [4.78, 5) is 4.16. The van der Waals surface area contributed by atoms with Crippen LogP contribution in [0.15, 0.2) is 0 Å². The van der Waals surface area contributed by atoms with Gasteiger partial charge < -0.3 is 4.90 Å². The molecule has 0 unspecified atom stereocenters. The quantitative estimate of drug-likeness (QED) is 0.716. The second-order valence-electron chi connectivity index (χ2n) is 7.33. The summed E-state index contributed by atoms with van der Waals surface area (Å²) < 4.78 is 53.6. The van der Waals surface area contributed by atoms with Crippen molar-refractivity contribution in [1.82, 2.24) is 18.4 Å². The molecule has 0 aromatic rings. The molecule has 3 fully saturated rings. The molecule has 0 aromatic heterocycles. The lowest BCUT2D eigenvalue weighted by Crippen LogP contribution is -2.56. The highest BCUT2D eigenvalue weighted by Crippen LogP contribution is 2.24. The molecule has 3 rings (SSSR count). The number of hydrogen-bond acceptors (Lipinski definition) is 4. The predicted octanol–water partition coefficient (Wildman–Crippen LogP) is 1.06. The van der Waals surface area contributed by atoms with E-state index in [4.69, 9.17) is 0 Å². The number of alkyl halides is 2. The molecule has 9 heteroatoms. The zero-order chi connectivity index (χ0) is 17.9. The lowest BCUT2D eigenvalue weighted by atomic mass is 10.0. The molecule has 0 aromatic carbocycles. The minimum absolute atomic E-state index is 0.269. The van der Waals surface area contributed by atoms with Gasteiger partial charge in [-0.2, -0.15) is 17.0 Å². The normalized spacial score (nSPS) is 27.2. The first-order valence-electron chi connectivity index (χ1n) is 9.46. The van der Waals surface area contributed by atoms with Gasteiger partial charge in [0.05, 0.1) is 6.54 Å². The molecule has 3 saturated heterocycles. The van der Waals surface area contributed by atoms with Gasteiger partial charge in [0.1, 0.15) is 0 Å². The van der Waals surface area contributed by atoms with Gasteiger partial charge in [-0.25, -0.2) is 8.78 Å². The third-order valence-electron chi connectivity index (χ3n) is 5.71. The van der Waals surface area contributed by atoms with E-state index in [-0.39, 0.29) is 6.54 Å². The Bertz CT molecular complexity index is 512. The van der Waals surface area contributed by atoms with Gasteiger partial charge in [-0.3, -0.25) is 4.90 Å². The van der Waals surface area contributed by atoms with Crippen molar-refractivity contribution >= 4 is 10.2 Å². The number of halogens is 2. The Labute approximate surface area is 149 Å². The molecule has 146 valence electrons. The number of rotatable bonds is 5. The van der Waals surface area contributed by atoms with Crippen LogP contribution < -0.4 is 0 Å². The molecule has 0 bridgehead atoms. The van der Waals surface area contributed by atoms with Gasteiger partial charge in [0.2, 0.25) is 0 Å². The van der Waals surface area contributed by atoms with Crippen molar-refractivity contribution in [3.8, 4) is 0 Å². The van der Waals surface area contributed by atoms with E-state index in [0.29, 0.717) is 45.3 Å². The number of nitrogens with zero attached hydrogens (tertiary/aromatic N) is 4. The average molecular weight is 381 g/mol. The maximum atomic E-state index is 12.8. The smallest absolute Gasteiger partial charge is 0.282 e. The minimum atomic E-state index is -3.46. The summed E-state index contributed by atoms with van der Waals surface area (Å²) in [5.74, 6) is 0. The third kappa shape index (κ3) is 4.88. The SMILES string of the molecule is O=S(=O)(N1CCC(N2CCCCC2)CC1)N1CCN(CC(F)F)CC1. The molecule has 0 atom stereocenters. The summed E-state index contributed by atoms with van der Waals surface area (Å²) in [6.07, 6.45) is 3.23. The lowest BCUT2D eigenvalue weighted by molar-refractivity contribution is 0.0696. The molecule has 3 heterocycles. The monoisotopic (exact) mass is 380 g/mol. The van der Waals surface area contributed by atoms with Crippen LogP contribution in [0.1, 0.15) is 32.1 Å². The summed E-state index contributed by atoms with van der Waals surface area (Å²) in [6.45, 7) is 4.54. The average Bonchev–Trinajstić information content (AvgIpc) is 2.62. The number of piperazine rings is 1. The van der Waals surface area contributed by atoms with Crippen molar-refractivity contribution in [3.05, 3.63) is 0 Å². The first kappa shape index (κ1) is 19.4. The highest BCUT2D eigenvalue weighted by atomic mass is 32.2. The fourth-order valence-corrected chi connectivity index (χ4v) is 5.85. The molecular formula is C16H30F2N4O2S. The fourth-order valence-electron chi connectivity index (χ4n) is 4.22. The molecular weight excluding hydrogens is 350 g/mol. The van der Waals surface area contributed by atoms with Crippen molar-refractivity contribution in [2.24, 2.45) is 0 Å². The van der Waals surface area contributed by atoms with E-state index in [9.17, 15) is 17.2 Å². The lowest BCUT2D eigenvalue weighted by Gasteiger charge is -2.42. The Balaban J connectivity index is 1.48. The van der Waals surface area contributed by atoms with Crippen LogP contribution in [0, 0.1) is 0 Å². The Morgan fingerprint density at radius 3 is 1.92 bits per heavy atom. The first-order valence-corrected chi connectivity index (χ1v) is 10.9. The van der Waals surface area contributed by atoms with Crippen molar-refractivity contribution in [2.45, 2.75) is 44.6 Å². The van der Waals surface area contributed by atoms with E-state index < -0.39 is 16.6 Å². The molecule has 0 aliphatic carbocycles. The van der Waals surface area contributed by atoms with Crippen LogP contribution in [0.4, 0.5) is 8.78 Å². The first-order chi connectivity index (χ1) is 12.0. The van der Waals surface area contributed by atoms with Gasteiger partial charge in [-0.15, -0.1) is 0 Å². The van der Waals surface area contributed by atoms with Crippen LogP contribution >= 0.6 is 0 Å². The Kier molecular flexibility index (Phi) is 6.65. The summed E-state index contributed by atoms with van der Waals surface area (Å²) in [5.41, 5.74) is 0. The highest BCUT2D eigenvalue weighted by molar-refractivity contribution is 7.86. The van der Waals surface area contributed by atoms with Gasteiger partial charge in [0, 0.05) is 45.3 Å². The molecule has 3 aliphatic rings. The van der Waals surface area contributed by atoms with Crippen LogP contribution in [0.25, 0.3) is 0 Å². The van der Waals surface area contributed by atoms with Crippen LogP contribution in [0.5, 0.6) is 0 Å². The third-order valence-corrected chi connectivity index (χ3v) is 7.75. The van der Waals surface area contributed by atoms with Crippen LogP contribution in [-0.2, 0) is 10.2 Å². The number of likely N-dealkylation sites (tertiary alicyclic amines) is 1. The van der Waals surface area contributed by atoms with Crippen molar-refractivity contribution in [2.75, 3.05) is 58.9 Å². The van der Waals surface area contributed by atoms with Crippen LogP contribution in [0.3, 0.4) is 0 Å². The van der Waals surface area contributed by atoms with E-state index in [2.05, 4.69) is 4.90 Å². The number of piperidine rings is 2.